The molecule has 0 unspecified atom stereocenters. The first-order valence-electron chi connectivity index (χ1n) is 4.51. The largest absolute Gasteiger partial charge is 0.480 e. The van der Waals surface area contributed by atoms with Crippen molar-refractivity contribution in [1.29, 1.82) is 5.41 Å². The van der Waals surface area contributed by atoms with Crippen molar-refractivity contribution in [2.75, 3.05) is 6.54 Å². The highest BCUT2D eigenvalue weighted by Gasteiger charge is 2.17. The molecule has 0 bridgehead atoms. The van der Waals surface area contributed by atoms with E-state index in [-0.39, 0.29) is 29.2 Å². The summed E-state index contributed by atoms with van der Waals surface area (Å²) < 4.78 is 0. The second-order valence-corrected chi connectivity index (χ2v) is 3.07. The zero-order chi connectivity index (χ0) is 11.8. The standard InChI is InChI=1S/C8H16N4O3.Al.3H/c1-5(13)12-6(7(14)15)3-2-4-11-8(9)10;;;;/h6H,2-4H2,1H3,(H,12,13)(H,14,15)(H4,9,10,11);;;;/t6-;;;;/m0..../s1. The summed E-state index contributed by atoms with van der Waals surface area (Å²) in [4.78, 5) is 21.3. The molecule has 0 aliphatic rings. The van der Waals surface area contributed by atoms with Gasteiger partial charge in [-0.25, -0.2) is 4.79 Å². The molecule has 0 aromatic rings. The summed E-state index contributed by atoms with van der Waals surface area (Å²) >= 11 is 0. The molecular formula is C8H19AlN4O3. The molecular weight excluding hydrogens is 227 g/mol. The van der Waals surface area contributed by atoms with E-state index >= 15 is 0 Å². The Morgan fingerprint density at radius 1 is 1.50 bits per heavy atom. The molecule has 0 saturated heterocycles. The van der Waals surface area contributed by atoms with Crippen molar-refractivity contribution in [3.05, 3.63) is 0 Å². The number of carbonyl (C=O) groups excluding carboxylic acids is 1. The Morgan fingerprint density at radius 2 is 2.06 bits per heavy atom. The first-order chi connectivity index (χ1) is 6.93. The van der Waals surface area contributed by atoms with Crippen molar-refractivity contribution in [2.24, 2.45) is 5.73 Å². The SMILES string of the molecule is CC(=O)N[C@@H](CCCNC(=N)N)C(=O)O.[AlH3]. The summed E-state index contributed by atoms with van der Waals surface area (Å²) in [6.45, 7) is 1.68. The van der Waals surface area contributed by atoms with Crippen LogP contribution in [0, 0.1) is 5.41 Å². The minimum absolute atomic E-state index is 0. The van der Waals surface area contributed by atoms with E-state index in [1.807, 2.05) is 0 Å². The predicted molar refractivity (Wildman–Crippen MR) is 64.3 cm³/mol. The number of nitrogens with one attached hydrogen (secondary N) is 3. The molecule has 1 amide bonds. The van der Waals surface area contributed by atoms with Crippen molar-refractivity contribution in [1.82, 2.24) is 10.6 Å². The molecule has 8 heteroatoms. The molecule has 0 rings (SSSR count). The third-order valence-electron chi connectivity index (χ3n) is 1.66. The highest BCUT2D eigenvalue weighted by molar-refractivity contribution is 5.82. The molecule has 1 atom stereocenters. The third-order valence-corrected chi connectivity index (χ3v) is 1.66. The number of hydrogen-bond donors (Lipinski definition) is 5. The number of carbonyl (C=O) groups is 2. The molecule has 6 N–H and O–H groups in total. The van der Waals surface area contributed by atoms with Crippen LogP contribution in [0.15, 0.2) is 0 Å². The molecule has 0 aliphatic carbocycles. The van der Waals surface area contributed by atoms with Gasteiger partial charge < -0.3 is 21.5 Å². The molecule has 0 heterocycles. The van der Waals surface area contributed by atoms with Gasteiger partial charge in [0.25, 0.3) is 0 Å². The molecule has 0 aromatic carbocycles. The molecule has 92 valence electrons. The van der Waals surface area contributed by atoms with Crippen LogP contribution in [0.1, 0.15) is 19.8 Å². The van der Waals surface area contributed by atoms with E-state index in [4.69, 9.17) is 16.2 Å². The number of amides is 1. The van der Waals surface area contributed by atoms with Crippen molar-refractivity contribution in [3.63, 3.8) is 0 Å². The monoisotopic (exact) mass is 246 g/mol. The fourth-order valence-electron chi connectivity index (χ4n) is 1.03. The average molecular weight is 246 g/mol. The quantitative estimate of drug-likeness (QED) is 0.155. The van der Waals surface area contributed by atoms with Crippen LogP contribution in [0.2, 0.25) is 0 Å². The normalized spacial score (nSPS) is 10.8. The maximum atomic E-state index is 10.7. The Hall–Kier alpha value is -1.26. The van der Waals surface area contributed by atoms with Crippen LogP contribution in [-0.2, 0) is 9.59 Å². The Labute approximate surface area is 104 Å². The van der Waals surface area contributed by atoms with Crippen molar-refractivity contribution >= 4 is 35.2 Å². The number of carboxylic acids is 1. The molecule has 0 saturated carbocycles. The second-order valence-electron chi connectivity index (χ2n) is 3.07. The zero-order valence-electron chi connectivity index (χ0n) is 8.54. The Bertz CT molecular complexity index is 260. The molecule has 7 nitrogen and oxygen atoms in total. The fourth-order valence-corrected chi connectivity index (χ4v) is 1.03. The predicted octanol–water partition coefficient (Wildman–Crippen LogP) is -2.34. The molecule has 0 fully saturated rings. The molecule has 0 aliphatic heterocycles. The highest BCUT2D eigenvalue weighted by Crippen LogP contribution is 1.96. The summed E-state index contributed by atoms with van der Waals surface area (Å²) in [6.07, 6.45) is 0.812. The highest BCUT2D eigenvalue weighted by atomic mass is 27.0. The van der Waals surface area contributed by atoms with Crippen molar-refractivity contribution in [2.45, 2.75) is 25.8 Å². The van der Waals surface area contributed by atoms with Crippen molar-refractivity contribution in [3.8, 4) is 0 Å². The Balaban J connectivity index is 0. The maximum Gasteiger partial charge on any atom is 0.326 e. The van der Waals surface area contributed by atoms with E-state index in [9.17, 15) is 9.59 Å². The maximum absolute atomic E-state index is 10.7. The van der Waals surface area contributed by atoms with E-state index in [0.717, 1.165) is 0 Å². The van der Waals surface area contributed by atoms with Gasteiger partial charge in [-0.15, -0.1) is 0 Å². The summed E-state index contributed by atoms with van der Waals surface area (Å²) in [5.74, 6) is -1.59. The first kappa shape index (κ1) is 17.1. The number of rotatable bonds is 6. The lowest BCUT2D eigenvalue weighted by atomic mass is 10.1. The molecule has 0 spiro atoms. The second kappa shape index (κ2) is 9.00. The van der Waals surface area contributed by atoms with Gasteiger partial charge in [-0.05, 0) is 12.8 Å². The number of guanidine groups is 1. The summed E-state index contributed by atoms with van der Waals surface area (Å²) in [7, 11) is 0. The number of aliphatic carboxylic acids is 1. The van der Waals surface area contributed by atoms with Gasteiger partial charge in [0, 0.05) is 13.5 Å². The van der Waals surface area contributed by atoms with Crippen LogP contribution < -0.4 is 16.4 Å². The van der Waals surface area contributed by atoms with Crippen LogP contribution in [0.5, 0.6) is 0 Å². The zero-order valence-corrected chi connectivity index (χ0v) is 8.54. The minimum atomic E-state index is -1.06. The van der Waals surface area contributed by atoms with Gasteiger partial charge in [0.2, 0.25) is 5.91 Å². The lowest BCUT2D eigenvalue weighted by molar-refractivity contribution is -0.141. The van der Waals surface area contributed by atoms with Crippen LogP contribution in [0.25, 0.3) is 0 Å². The van der Waals surface area contributed by atoms with Gasteiger partial charge in [-0.2, -0.15) is 0 Å². The molecule has 0 radical (unpaired) electrons. The number of hydrogen-bond acceptors (Lipinski definition) is 3. The van der Waals surface area contributed by atoms with E-state index in [2.05, 4.69) is 10.6 Å². The van der Waals surface area contributed by atoms with Crippen LogP contribution >= 0.6 is 0 Å². The van der Waals surface area contributed by atoms with Gasteiger partial charge in [0.05, 0.1) is 0 Å². The fraction of sp³-hybridized carbons (Fsp3) is 0.625. The van der Waals surface area contributed by atoms with Crippen LogP contribution in [0.3, 0.4) is 0 Å². The van der Waals surface area contributed by atoms with E-state index < -0.39 is 12.0 Å². The molecule has 16 heavy (non-hydrogen) atoms. The summed E-state index contributed by atoms with van der Waals surface area (Å²) in [5, 5.41) is 20.5. The van der Waals surface area contributed by atoms with Gasteiger partial charge in [0.1, 0.15) is 6.04 Å². The summed E-state index contributed by atoms with van der Waals surface area (Å²) in [5.41, 5.74) is 5.04. The lowest BCUT2D eigenvalue weighted by Crippen LogP contribution is -2.40. The topological polar surface area (TPSA) is 128 Å². The Morgan fingerprint density at radius 3 is 2.44 bits per heavy atom. The van der Waals surface area contributed by atoms with Crippen molar-refractivity contribution < 1.29 is 14.7 Å². The van der Waals surface area contributed by atoms with Gasteiger partial charge >= 0.3 is 5.97 Å². The van der Waals surface area contributed by atoms with Gasteiger partial charge in [0.15, 0.2) is 23.3 Å². The third kappa shape index (κ3) is 9.30. The smallest absolute Gasteiger partial charge is 0.326 e. The minimum Gasteiger partial charge on any atom is -0.480 e. The Kier molecular flexibility index (Phi) is 9.65. The molecule has 0 aromatic heterocycles. The van der Waals surface area contributed by atoms with E-state index in [1.165, 1.54) is 6.92 Å². The first-order valence-corrected chi connectivity index (χ1v) is 4.51. The lowest BCUT2D eigenvalue weighted by Gasteiger charge is -2.12. The van der Waals surface area contributed by atoms with E-state index in [1.54, 1.807) is 0 Å². The average Bonchev–Trinajstić information content (AvgIpc) is 2.08. The summed E-state index contributed by atoms with van der Waals surface area (Å²) in [6, 6.07) is -0.878. The van der Waals surface area contributed by atoms with Crippen LogP contribution in [-0.4, -0.2) is 52.9 Å². The van der Waals surface area contributed by atoms with E-state index in [0.29, 0.717) is 19.4 Å². The number of carboxylic acid groups (broad SMARTS) is 1. The van der Waals surface area contributed by atoms with Gasteiger partial charge in [-0.1, -0.05) is 0 Å². The van der Waals surface area contributed by atoms with Gasteiger partial charge in [-0.3, -0.25) is 10.2 Å². The number of nitrogens with two attached hydrogens (primary N) is 1. The van der Waals surface area contributed by atoms with Crippen LogP contribution in [0.4, 0.5) is 0 Å².